The molecule has 9 saturated carbocycles. The lowest BCUT2D eigenvalue weighted by Gasteiger charge is -2.35. The molecule has 0 saturated heterocycles. The Kier molecular flexibility index (Phi) is 35.8. The average molecular weight is 1630 g/mol. The molecule has 0 aromatic rings. The smallest absolute Gasteiger partial charge is 0.247 e. The molecule has 107 heavy (non-hydrogen) atoms. The van der Waals surface area contributed by atoms with Gasteiger partial charge >= 0.3 is 55.1 Å². The van der Waals surface area contributed by atoms with E-state index in [1.54, 1.807) is 34.6 Å². The van der Waals surface area contributed by atoms with Crippen LogP contribution < -0.4 is 0 Å². The van der Waals surface area contributed by atoms with Crippen LogP contribution in [0.5, 0.6) is 0 Å². The minimum atomic E-state index is -5.36. The lowest BCUT2D eigenvalue weighted by atomic mass is 9.73. The van der Waals surface area contributed by atoms with Gasteiger partial charge in [-0.1, -0.05) is 170 Å². The lowest BCUT2D eigenvalue weighted by molar-refractivity contribution is -0.248. The first-order valence-electron chi connectivity index (χ1n) is 38.9. The second-order valence-electron chi connectivity index (χ2n) is 33.8. The van der Waals surface area contributed by atoms with E-state index in [9.17, 15) is 136 Å². The van der Waals surface area contributed by atoms with E-state index in [-0.39, 0.29) is 86.3 Å². The van der Waals surface area contributed by atoms with Gasteiger partial charge in [-0.25, -0.2) is 26.3 Å². The van der Waals surface area contributed by atoms with E-state index in [2.05, 4.69) is 20.8 Å². The van der Waals surface area contributed by atoms with Crippen molar-refractivity contribution in [2.75, 3.05) is 0 Å². The second kappa shape index (κ2) is 39.4. The maximum absolute atomic E-state index is 12.9. The molecule has 0 nitrogen and oxygen atoms in total. The SMILES string of the molecule is CC1C(C(F)(F)F)C(C)[C@@H](C)C1C(F)(F)F.CC1C(F)C(F)[C@@H](C)C1F.CC1CC(C(F)(F)F)C[C@@H](C)C1.CC1CCCC(C(F)(F)F)[C@@H]1C.CC1C[C@H](C)CC1C(F)(F)F.C[C@H]1C(F)(F)C(C)(F)C(F)(F)C1(F)F.[2H]C1(C)C(C)CCC1C.[2H][C@@]1(C)C(C)CCCC1C(F)(F)F.[2H][C@]1(C)CC(C)CC(C(F)(F)F)C1. The Labute approximate surface area is 618 Å². The standard InChI is InChI=1S/C10H14F6.4C9H15F3.C8H13F3.C8H16.C7H7F7.C7H11F3/c1-4-5(2)8(10(14,15)16)6(3)7(4)9(11,12)13;2*1-6-3-7(2)5-8(4-6)9(10,11)12;2*1-6-4-3-5-8(7(6)2)9(10,11)12;1-5-3-6(2)7(4-5)8(9,10)11;1-6-4-5-7(2)8(6)3;1-3-5(9,10)4(2,8)7(13,14)6(3,11)12;1-3-5(8)4(2)7(10)6(3)9/h4-8H,1-3H3;4*6-8H,3-5H2,1-2H3;5-7H,3-4H2,1-2H3;6-8H,4-5H2,1-3H3;3H,1-2H3;3-7H,1-2H3/t4-,5?,6?,7?,8?;2*6-,7?,8?;2*6?,7-,8?;5-,6?,7?;;3-,4?;3-,4?,5?,6?,7?/m100110.00/s1/i;6D;;7D;;;8D;;. The average Bonchev–Trinajstić information content (AvgIpc) is 1.53. The molecule has 9 aliphatic rings. The van der Waals surface area contributed by atoms with Crippen molar-refractivity contribution in [2.24, 2.45) is 154 Å². The first-order chi connectivity index (χ1) is 48.7. The molecule has 31 heteroatoms. The summed E-state index contributed by atoms with van der Waals surface area (Å²) in [7, 11) is 0. The molecule has 9 fully saturated rings. The third kappa shape index (κ3) is 28.1. The molecule has 0 spiro atoms. The molecule has 9 rings (SSSR count). The van der Waals surface area contributed by atoms with Crippen molar-refractivity contribution in [3.63, 3.8) is 0 Å². The Bertz CT molecular complexity index is 2560. The molecule has 0 bridgehead atoms. The molecule has 9 aliphatic carbocycles. The van der Waals surface area contributed by atoms with Gasteiger partial charge in [-0.05, 0) is 166 Å². The van der Waals surface area contributed by atoms with E-state index in [4.69, 9.17) is 4.11 Å². The molecule has 0 aliphatic heterocycles. The largest absolute Gasteiger partial charge is 0.392 e. The van der Waals surface area contributed by atoms with Crippen LogP contribution in [0.2, 0.25) is 0 Å². The third-order valence-corrected chi connectivity index (χ3v) is 25.1. The van der Waals surface area contributed by atoms with Crippen LogP contribution in [0.4, 0.5) is 136 Å². The molecular formula is C76H121F31. The summed E-state index contributed by atoms with van der Waals surface area (Å²) < 4.78 is 411. The summed E-state index contributed by atoms with van der Waals surface area (Å²) in [6.45, 7) is 30.4. The van der Waals surface area contributed by atoms with Crippen LogP contribution in [0, 0.1) is 154 Å². The topological polar surface area (TPSA) is 0 Å². The molecule has 21 unspecified atom stereocenters. The fourth-order valence-electron chi connectivity index (χ4n) is 17.4. The number of rotatable bonds is 0. The van der Waals surface area contributed by atoms with Gasteiger partial charge in [-0.2, -0.15) is 110 Å². The highest BCUT2D eigenvalue weighted by Gasteiger charge is 2.88. The van der Waals surface area contributed by atoms with Crippen molar-refractivity contribution in [3.8, 4) is 0 Å². The highest BCUT2D eigenvalue weighted by molar-refractivity contribution is 5.19. The van der Waals surface area contributed by atoms with Crippen LogP contribution in [0.25, 0.3) is 0 Å². The maximum Gasteiger partial charge on any atom is 0.392 e. The number of hydrogen-bond donors (Lipinski definition) is 0. The van der Waals surface area contributed by atoms with E-state index in [0.29, 0.717) is 50.4 Å². The predicted octanol–water partition coefficient (Wildman–Crippen LogP) is 30.2. The van der Waals surface area contributed by atoms with Gasteiger partial charge in [-0.3, -0.25) is 0 Å². The van der Waals surface area contributed by atoms with E-state index < -0.39 is 174 Å². The van der Waals surface area contributed by atoms with Crippen molar-refractivity contribution >= 4 is 0 Å². The molecule has 29 atom stereocenters. The Morgan fingerprint density at radius 2 is 0.617 bits per heavy atom. The molecule has 0 heterocycles. The highest BCUT2D eigenvalue weighted by atomic mass is 19.4. The highest BCUT2D eigenvalue weighted by Crippen LogP contribution is 2.65. The summed E-state index contributed by atoms with van der Waals surface area (Å²) >= 11 is 0. The monoisotopic (exact) mass is 1630 g/mol. The molecule has 0 radical (unpaired) electrons. The van der Waals surface area contributed by atoms with Crippen LogP contribution in [0.1, 0.15) is 245 Å². The summed E-state index contributed by atoms with van der Waals surface area (Å²) in [6, 6.07) is 0. The number of alkyl halides is 31. The normalized spacial score (nSPS) is 44.4. The molecule has 0 amide bonds. The van der Waals surface area contributed by atoms with Crippen LogP contribution in [-0.4, -0.2) is 85.2 Å². The minimum absolute atomic E-state index is 0.0166. The quantitative estimate of drug-likeness (QED) is 0.212. The summed E-state index contributed by atoms with van der Waals surface area (Å²) in [4.78, 5) is 0. The van der Waals surface area contributed by atoms with Gasteiger partial charge in [0.1, 0.15) is 18.5 Å². The molecular weight excluding hydrogens is 1500 g/mol. The zero-order chi connectivity index (χ0) is 87.3. The van der Waals surface area contributed by atoms with E-state index >= 15 is 0 Å². The maximum atomic E-state index is 12.9. The number of halogens is 31. The fraction of sp³-hybridized carbons (Fsp3) is 1.00. The van der Waals surface area contributed by atoms with Gasteiger partial charge in [0.15, 0.2) is 0 Å². The van der Waals surface area contributed by atoms with Gasteiger partial charge in [0.25, 0.3) is 5.92 Å². The van der Waals surface area contributed by atoms with Crippen molar-refractivity contribution in [2.45, 2.75) is 326 Å². The van der Waals surface area contributed by atoms with Gasteiger partial charge in [0.2, 0.25) is 5.67 Å². The van der Waals surface area contributed by atoms with Crippen LogP contribution in [0.15, 0.2) is 0 Å². The molecule has 642 valence electrons. The molecule has 0 N–H and O–H groups in total. The minimum Gasteiger partial charge on any atom is -0.247 e. The van der Waals surface area contributed by atoms with Gasteiger partial charge in [0.05, 0.1) is 47.3 Å². The predicted molar refractivity (Wildman–Crippen MR) is 354 cm³/mol. The number of hydrogen-bond acceptors (Lipinski definition) is 0. The zero-order valence-corrected chi connectivity index (χ0v) is 65.0. The van der Waals surface area contributed by atoms with Gasteiger partial charge < -0.3 is 0 Å². The summed E-state index contributed by atoms with van der Waals surface area (Å²) in [5.41, 5.74) is -4.52. The van der Waals surface area contributed by atoms with Crippen LogP contribution >= 0.6 is 0 Å². The Hall–Kier alpha value is -2.17. The molecule has 0 aromatic heterocycles. The summed E-state index contributed by atoms with van der Waals surface area (Å²) in [6.07, 6.45) is -24.5. The Balaban J connectivity index is 0.000000621. The van der Waals surface area contributed by atoms with Gasteiger partial charge in [0, 0.05) is 15.9 Å². The molecule has 0 aromatic carbocycles. The Morgan fingerprint density at radius 1 is 0.280 bits per heavy atom. The first-order valence-corrected chi connectivity index (χ1v) is 37.4. The van der Waals surface area contributed by atoms with Gasteiger partial charge in [-0.15, -0.1) is 0 Å². The summed E-state index contributed by atoms with van der Waals surface area (Å²) in [5.74, 6) is -33.4. The van der Waals surface area contributed by atoms with Crippen molar-refractivity contribution < 1.29 is 140 Å². The Morgan fingerprint density at radius 3 is 0.841 bits per heavy atom. The third-order valence-electron chi connectivity index (χ3n) is 25.1. The van der Waals surface area contributed by atoms with Crippen LogP contribution in [0.3, 0.4) is 0 Å². The zero-order valence-electron chi connectivity index (χ0n) is 68.0. The van der Waals surface area contributed by atoms with Crippen molar-refractivity contribution in [3.05, 3.63) is 0 Å². The lowest BCUT2D eigenvalue weighted by Crippen LogP contribution is -2.52. The van der Waals surface area contributed by atoms with E-state index in [1.807, 2.05) is 27.7 Å². The summed E-state index contributed by atoms with van der Waals surface area (Å²) in [5, 5.41) is 0. The van der Waals surface area contributed by atoms with Crippen molar-refractivity contribution in [1.29, 1.82) is 0 Å². The first kappa shape index (κ1) is 97.2. The second-order valence-corrected chi connectivity index (χ2v) is 33.8. The van der Waals surface area contributed by atoms with Crippen LogP contribution in [-0.2, 0) is 0 Å². The van der Waals surface area contributed by atoms with E-state index in [0.717, 1.165) is 39.0 Å². The van der Waals surface area contributed by atoms with Crippen molar-refractivity contribution in [1.82, 2.24) is 0 Å². The fourth-order valence-corrected chi connectivity index (χ4v) is 17.4. The van der Waals surface area contributed by atoms with E-state index in [1.165, 1.54) is 47.5 Å².